The standard InChI is InChI=1S/C8H11N3OS/c1-5-3-4-7(13-5)6(2)10-11-8(9)12/h3-4H,1-2H3,(H3,9,11,12). The van der Waals surface area contributed by atoms with Crippen LogP contribution in [0.15, 0.2) is 17.2 Å². The van der Waals surface area contributed by atoms with E-state index >= 15 is 0 Å². The van der Waals surface area contributed by atoms with Gasteiger partial charge in [0.05, 0.1) is 10.6 Å². The Bertz CT molecular complexity index is 343. The molecule has 4 nitrogen and oxygen atoms in total. The van der Waals surface area contributed by atoms with Gasteiger partial charge < -0.3 is 5.73 Å². The number of urea groups is 1. The molecule has 70 valence electrons. The molecule has 3 N–H and O–H groups in total. The summed E-state index contributed by atoms with van der Waals surface area (Å²) in [5.41, 5.74) is 7.82. The average Bonchev–Trinajstić information content (AvgIpc) is 2.47. The molecule has 0 saturated carbocycles. The van der Waals surface area contributed by atoms with Crippen LogP contribution in [0.1, 0.15) is 16.7 Å². The lowest BCUT2D eigenvalue weighted by atomic mass is 10.3. The van der Waals surface area contributed by atoms with Crippen LogP contribution in [0.25, 0.3) is 0 Å². The maximum atomic E-state index is 10.3. The summed E-state index contributed by atoms with van der Waals surface area (Å²) in [5, 5.41) is 3.81. The number of primary amides is 1. The van der Waals surface area contributed by atoms with E-state index in [-0.39, 0.29) is 0 Å². The molecule has 0 atom stereocenters. The van der Waals surface area contributed by atoms with Crippen LogP contribution >= 0.6 is 11.3 Å². The number of hydrazone groups is 1. The fourth-order valence-electron chi connectivity index (χ4n) is 0.823. The van der Waals surface area contributed by atoms with Crippen molar-refractivity contribution in [2.45, 2.75) is 13.8 Å². The van der Waals surface area contributed by atoms with Gasteiger partial charge in [-0.3, -0.25) is 0 Å². The maximum absolute atomic E-state index is 10.3. The summed E-state index contributed by atoms with van der Waals surface area (Å²) in [6, 6.07) is 3.32. The monoisotopic (exact) mass is 197 g/mol. The number of hydrogen-bond acceptors (Lipinski definition) is 3. The van der Waals surface area contributed by atoms with Crippen molar-refractivity contribution in [2.24, 2.45) is 10.8 Å². The summed E-state index contributed by atoms with van der Waals surface area (Å²) < 4.78 is 0. The summed E-state index contributed by atoms with van der Waals surface area (Å²) in [4.78, 5) is 12.6. The molecule has 1 heterocycles. The Hall–Kier alpha value is -1.36. The van der Waals surface area contributed by atoms with E-state index in [1.165, 1.54) is 4.88 Å². The minimum atomic E-state index is -0.646. The first-order chi connectivity index (χ1) is 6.09. The zero-order valence-electron chi connectivity index (χ0n) is 7.50. The van der Waals surface area contributed by atoms with Crippen LogP contribution in [0.4, 0.5) is 4.79 Å². The van der Waals surface area contributed by atoms with Crippen molar-refractivity contribution in [2.75, 3.05) is 0 Å². The Morgan fingerprint density at radius 3 is 2.77 bits per heavy atom. The lowest BCUT2D eigenvalue weighted by molar-refractivity contribution is 0.249. The highest BCUT2D eigenvalue weighted by atomic mass is 32.1. The maximum Gasteiger partial charge on any atom is 0.332 e. The second kappa shape index (κ2) is 4.04. The normalized spacial score (nSPS) is 11.4. The smallest absolute Gasteiger partial charge is 0.332 e. The van der Waals surface area contributed by atoms with Crippen molar-refractivity contribution in [1.29, 1.82) is 0 Å². The highest BCUT2D eigenvalue weighted by Gasteiger charge is 2.00. The number of nitrogens with two attached hydrogens (primary N) is 1. The number of hydrogen-bond donors (Lipinski definition) is 2. The third-order valence-electron chi connectivity index (χ3n) is 1.43. The van der Waals surface area contributed by atoms with Gasteiger partial charge in [0.25, 0.3) is 0 Å². The van der Waals surface area contributed by atoms with Gasteiger partial charge in [0, 0.05) is 4.88 Å². The fraction of sp³-hybridized carbons (Fsp3) is 0.250. The molecule has 0 bridgehead atoms. The molecule has 0 aromatic carbocycles. The van der Waals surface area contributed by atoms with Crippen LogP contribution < -0.4 is 11.2 Å². The molecule has 0 saturated heterocycles. The summed E-state index contributed by atoms with van der Waals surface area (Å²) in [7, 11) is 0. The summed E-state index contributed by atoms with van der Waals surface area (Å²) in [6.07, 6.45) is 0. The Morgan fingerprint density at radius 2 is 2.31 bits per heavy atom. The molecular weight excluding hydrogens is 186 g/mol. The van der Waals surface area contributed by atoms with Gasteiger partial charge in [0.15, 0.2) is 0 Å². The SMILES string of the molecule is CC(=NNC(N)=O)c1ccc(C)s1. The highest BCUT2D eigenvalue weighted by Crippen LogP contribution is 2.15. The molecular formula is C8H11N3OS. The predicted molar refractivity (Wildman–Crippen MR) is 54.0 cm³/mol. The fourth-order valence-corrected chi connectivity index (χ4v) is 1.64. The molecule has 0 fully saturated rings. The number of aryl methyl sites for hydroxylation is 1. The molecule has 2 amide bonds. The first kappa shape index (κ1) is 9.73. The van der Waals surface area contributed by atoms with Gasteiger partial charge in [-0.15, -0.1) is 11.3 Å². The van der Waals surface area contributed by atoms with Gasteiger partial charge in [-0.1, -0.05) is 0 Å². The molecule has 0 spiro atoms. The second-order valence-corrected chi connectivity index (χ2v) is 3.87. The second-order valence-electron chi connectivity index (χ2n) is 2.58. The van der Waals surface area contributed by atoms with E-state index in [1.807, 2.05) is 26.0 Å². The van der Waals surface area contributed by atoms with Crippen LogP contribution in [0.5, 0.6) is 0 Å². The summed E-state index contributed by atoms with van der Waals surface area (Å²) in [5.74, 6) is 0. The number of nitrogens with one attached hydrogen (secondary N) is 1. The van der Waals surface area contributed by atoms with Gasteiger partial charge in [0.2, 0.25) is 0 Å². The first-order valence-electron chi connectivity index (χ1n) is 3.76. The summed E-state index contributed by atoms with van der Waals surface area (Å²) >= 11 is 1.62. The molecule has 13 heavy (non-hydrogen) atoms. The Kier molecular flexibility index (Phi) is 3.02. The number of carbonyl (C=O) groups excluding carboxylic acids is 1. The van der Waals surface area contributed by atoms with E-state index in [4.69, 9.17) is 5.73 Å². The Labute approximate surface area is 80.4 Å². The van der Waals surface area contributed by atoms with E-state index in [9.17, 15) is 4.79 Å². The number of nitrogens with zero attached hydrogens (tertiary/aromatic N) is 1. The molecule has 1 aromatic rings. The lowest BCUT2D eigenvalue weighted by Crippen LogP contribution is -2.25. The highest BCUT2D eigenvalue weighted by molar-refractivity contribution is 7.14. The number of amides is 2. The van der Waals surface area contributed by atoms with Crippen LogP contribution in [-0.4, -0.2) is 11.7 Å². The minimum Gasteiger partial charge on any atom is -0.350 e. The topological polar surface area (TPSA) is 67.5 Å². The predicted octanol–water partition coefficient (Wildman–Crippen LogP) is 1.45. The van der Waals surface area contributed by atoms with Crippen LogP contribution in [0.2, 0.25) is 0 Å². The third kappa shape index (κ3) is 2.87. The molecule has 1 aromatic heterocycles. The van der Waals surface area contributed by atoms with E-state index in [0.29, 0.717) is 0 Å². The van der Waals surface area contributed by atoms with E-state index in [2.05, 4.69) is 10.5 Å². The average molecular weight is 197 g/mol. The van der Waals surface area contributed by atoms with Gasteiger partial charge in [-0.05, 0) is 26.0 Å². The van der Waals surface area contributed by atoms with Crippen LogP contribution in [-0.2, 0) is 0 Å². The van der Waals surface area contributed by atoms with Crippen molar-refractivity contribution in [1.82, 2.24) is 5.43 Å². The number of rotatable bonds is 2. The van der Waals surface area contributed by atoms with Gasteiger partial charge in [0.1, 0.15) is 0 Å². The minimum absolute atomic E-state index is 0.646. The zero-order chi connectivity index (χ0) is 9.84. The van der Waals surface area contributed by atoms with Crippen LogP contribution in [0, 0.1) is 6.92 Å². The Morgan fingerprint density at radius 1 is 1.62 bits per heavy atom. The number of carbonyl (C=O) groups is 1. The molecule has 0 unspecified atom stereocenters. The third-order valence-corrected chi connectivity index (χ3v) is 2.54. The van der Waals surface area contributed by atoms with E-state index in [0.717, 1.165) is 10.6 Å². The molecule has 0 aliphatic heterocycles. The molecule has 0 aliphatic rings. The molecule has 1 rings (SSSR count). The lowest BCUT2D eigenvalue weighted by Gasteiger charge is -1.95. The van der Waals surface area contributed by atoms with Crippen molar-refractivity contribution < 1.29 is 4.79 Å². The van der Waals surface area contributed by atoms with Crippen molar-refractivity contribution in [3.63, 3.8) is 0 Å². The Balaban J connectivity index is 2.72. The number of thiophene rings is 1. The summed E-state index contributed by atoms with van der Waals surface area (Å²) in [6.45, 7) is 3.84. The van der Waals surface area contributed by atoms with Crippen molar-refractivity contribution in [3.8, 4) is 0 Å². The van der Waals surface area contributed by atoms with Crippen LogP contribution in [0.3, 0.4) is 0 Å². The van der Waals surface area contributed by atoms with Crippen molar-refractivity contribution >= 4 is 23.1 Å². The largest absolute Gasteiger partial charge is 0.350 e. The first-order valence-corrected chi connectivity index (χ1v) is 4.58. The zero-order valence-corrected chi connectivity index (χ0v) is 8.31. The molecule has 5 heteroatoms. The quantitative estimate of drug-likeness (QED) is 0.547. The molecule has 0 radical (unpaired) electrons. The molecule has 0 aliphatic carbocycles. The van der Waals surface area contributed by atoms with E-state index < -0.39 is 6.03 Å². The van der Waals surface area contributed by atoms with Crippen molar-refractivity contribution in [3.05, 3.63) is 21.9 Å². The van der Waals surface area contributed by atoms with Gasteiger partial charge in [-0.2, -0.15) is 5.10 Å². The van der Waals surface area contributed by atoms with E-state index in [1.54, 1.807) is 11.3 Å². The van der Waals surface area contributed by atoms with Gasteiger partial charge in [-0.25, -0.2) is 10.2 Å². The van der Waals surface area contributed by atoms with Gasteiger partial charge >= 0.3 is 6.03 Å².